The van der Waals surface area contributed by atoms with Gasteiger partial charge in [0.25, 0.3) is 0 Å². The highest BCUT2D eigenvalue weighted by Crippen LogP contribution is 2.29. The SMILES string of the molecule is C=CCn1c(=NC(=O)CCSc2ccccc2)sc2cc(Cl)cc(Cl)c21. The van der Waals surface area contributed by atoms with Gasteiger partial charge in [-0.25, -0.2) is 0 Å². The molecule has 3 nitrogen and oxygen atoms in total. The van der Waals surface area contributed by atoms with Gasteiger partial charge in [-0.1, -0.05) is 58.8 Å². The molecule has 134 valence electrons. The summed E-state index contributed by atoms with van der Waals surface area (Å²) >= 11 is 15.5. The molecule has 1 heterocycles. The Morgan fingerprint density at radius 1 is 1.27 bits per heavy atom. The summed E-state index contributed by atoms with van der Waals surface area (Å²) in [6.07, 6.45) is 2.13. The van der Waals surface area contributed by atoms with Gasteiger partial charge >= 0.3 is 0 Å². The predicted octanol–water partition coefficient (Wildman–Crippen LogP) is 5.81. The quantitative estimate of drug-likeness (QED) is 0.371. The molecule has 2 aromatic carbocycles. The van der Waals surface area contributed by atoms with E-state index in [2.05, 4.69) is 11.6 Å². The zero-order chi connectivity index (χ0) is 18.5. The largest absolute Gasteiger partial charge is 0.311 e. The maximum absolute atomic E-state index is 12.3. The molecule has 0 atom stereocenters. The second-order valence-electron chi connectivity index (χ2n) is 5.44. The van der Waals surface area contributed by atoms with E-state index in [1.807, 2.05) is 41.0 Å². The highest BCUT2D eigenvalue weighted by molar-refractivity contribution is 7.99. The van der Waals surface area contributed by atoms with E-state index in [9.17, 15) is 4.79 Å². The van der Waals surface area contributed by atoms with Crippen molar-refractivity contribution < 1.29 is 4.79 Å². The normalized spacial score (nSPS) is 11.8. The van der Waals surface area contributed by atoms with Crippen LogP contribution in [0.1, 0.15) is 6.42 Å². The molecule has 0 radical (unpaired) electrons. The first kappa shape index (κ1) is 19.2. The molecule has 7 heteroatoms. The fourth-order valence-corrected chi connectivity index (χ4v) is 5.15. The van der Waals surface area contributed by atoms with E-state index in [1.165, 1.54) is 11.3 Å². The van der Waals surface area contributed by atoms with Crippen LogP contribution in [0.5, 0.6) is 0 Å². The second kappa shape index (κ2) is 8.91. The van der Waals surface area contributed by atoms with Gasteiger partial charge < -0.3 is 4.57 Å². The van der Waals surface area contributed by atoms with E-state index in [1.54, 1.807) is 23.9 Å². The van der Waals surface area contributed by atoms with Gasteiger partial charge in [-0.2, -0.15) is 4.99 Å². The van der Waals surface area contributed by atoms with Crippen LogP contribution in [-0.4, -0.2) is 16.2 Å². The molecule has 26 heavy (non-hydrogen) atoms. The number of amides is 1. The Kier molecular flexibility index (Phi) is 6.59. The summed E-state index contributed by atoms with van der Waals surface area (Å²) in [5.41, 5.74) is 0.825. The molecule has 0 aliphatic heterocycles. The van der Waals surface area contributed by atoms with Crippen molar-refractivity contribution in [3.05, 3.63) is 70.0 Å². The van der Waals surface area contributed by atoms with Gasteiger partial charge in [0, 0.05) is 28.6 Å². The number of carbonyl (C=O) groups excluding carboxylic acids is 1. The standard InChI is InChI=1S/C19H16Cl2N2OS2/c1-2-9-23-18-15(21)11-13(20)12-16(18)26-19(23)22-17(24)8-10-25-14-6-4-3-5-7-14/h2-7,11-12H,1,8-10H2. The predicted molar refractivity (Wildman–Crippen MR) is 112 cm³/mol. The van der Waals surface area contributed by atoms with Crippen LogP contribution in [0.15, 0.2) is 65.0 Å². The monoisotopic (exact) mass is 422 g/mol. The highest BCUT2D eigenvalue weighted by atomic mass is 35.5. The number of benzene rings is 2. The number of hydrogen-bond acceptors (Lipinski definition) is 3. The lowest BCUT2D eigenvalue weighted by Gasteiger charge is -2.03. The van der Waals surface area contributed by atoms with Crippen molar-refractivity contribution in [1.82, 2.24) is 4.57 Å². The molecule has 3 aromatic rings. The molecule has 0 aliphatic rings. The third-order valence-electron chi connectivity index (χ3n) is 3.56. The lowest BCUT2D eigenvalue weighted by atomic mass is 10.3. The van der Waals surface area contributed by atoms with Crippen LogP contribution in [0.25, 0.3) is 10.2 Å². The molecule has 0 saturated carbocycles. The number of halogens is 2. The second-order valence-corrected chi connectivity index (χ2v) is 8.46. The lowest BCUT2D eigenvalue weighted by molar-refractivity contribution is -0.117. The molecular weight excluding hydrogens is 407 g/mol. The van der Waals surface area contributed by atoms with Crippen LogP contribution in [-0.2, 0) is 11.3 Å². The minimum Gasteiger partial charge on any atom is -0.311 e. The van der Waals surface area contributed by atoms with Crippen LogP contribution in [0.4, 0.5) is 0 Å². The maximum Gasteiger partial charge on any atom is 0.249 e. The Labute approximate surface area is 170 Å². The van der Waals surface area contributed by atoms with Crippen LogP contribution in [0.3, 0.4) is 0 Å². The van der Waals surface area contributed by atoms with Gasteiger partial charge in [0.1, 0.15) is 0 Å². The van der Waals surface area contributed by atoms with E-state index in [0.29, 0.717) is 33.6 Å². The molecule has 3 rings (SSSR count). The molecule has 1 amide bonds. The molecule has 1 aromatic heterocycles. The average molecular weight is 423 g/mol. The van der Waals surface area contributed by atoms with Crippen LogP contribution in [0, 0.1) is 0 Å². The van der Waals surface area contributed by atoms with Crippen LogP contribution < -0.4 is 4.80 Å². The smallest absolute Gasteiger partial charge is 0.249 e. The van der Waals surface area contributed by atoms with Crippen LogP contribution >= 0.6 is 46.3 Å². The topological polar surface area (TPSA) is 34.4 Å². The van der Waals surface area contributed by atoms with Gasteiger partial charge in [-0.15, -0.1) is 18.3 Å². The van der Waals surface area contributed by atoms with Crippen molar-refractivity contribution in [2.45, 2.75) is 17.9 Å². The molecule has 0 bridgehead atoms. The number of nitrogens with zero attached hydrogens (tertiary/aromatic N) is 2. The molecule has 0 unspecified atom stereocenters. The zero-order valence-electron chi connectivity index (χ0n) is 13.8. The summed E-state index contributed by atoms with van der Waals surface area (Å²) in [4.78, 5) is 18.4. The summed E-state index contributed by atoms with van der Waals surface area (Å²) < 4.78 is 2.79. The number of hydrogen-bond donors (Lipinski definition) is 0. The van der Waals surface area contributed by atoms with Crippen molar-refractivity contribution in [3.8, 4) is 0 Å². The lowest BCUT2D eigenvalue weighted by Crippen LogP contribution is -2.16. The van der Waals surface area contributed by atoms with Crippen LogP contribution in [0.2, 0.25) is 10.0 Å². The summed E-state index contributed by atoms with van der Waals surface area (Å²) in [6, 6.07) is 13.5. The van der Waals surface area contributed by atoms with Gasteiger partial charge in [0.15, 0.2) is 4.80 Å². The van der Waals surface area contributed by atoms with E-state index < -0.39 is 0 Å². The number of rotatable bonds is 6. The molecule has 0 fully saturated rings. The Hall–Kier alpha value is -1.53. The van der Waals surface area contributed by atoms with Crippen molar-refractivity contribution in [2.24, 2.45) is 4.99 Å². The van der Waals surface area contributed by atoms with Crippen molar-refractivity contribution >= 4 is 62.4 Å². The molecule has 0 spiro atoms. The molecule has 0 aliphatic carbocycles. The summed E-state index contributed by atoms with van der Waals surface area (Å²) in [5.74, 6) is 0.533. The van der Waals surface area contributed by atoms with Crippen molar-refractivity contribution in [1.29, 1.82) is 0 Å². The highest BCUT2D eigenvalue weighted by Gasteiger charge is 2.11. The minimum absolute atomic E-state index is 0.153. The fourth-order valence-electron chi connectivity index (χ4n) is 2.45. The first-order valence-electron chi connectivity index (χ1n) is 7.93. The van der Waals surface area contributed by atoms with E-state index in [0.717, 1.165) is 15.1 Å². The van der Waals surface area contributed by atoms with Gasteiger partial charge in [-0.05, 0) is 24.3 Å². The molecule has 0 saturated heterocycles. The van der Waals surface area contributed by atoms with Gasteiger partial charge in [0.2, 0.25) is 5.91 Å². The number of thiazole rings is 1. The summed E-state index contributed by atoms with van der Waals surface area (Å²) in [6.45, 7) is 4.30. The average Bonchev–Trinajstić information content (AvgIpc) is 2.93. The Morgan fingerprint density at radius 2 is 2.04 bits per heavy atom. The van der Waals surface area contributed by atoms with E-state index >= 15 is 0 Å². The number of thioether (sulfide) groups is 1. The van der Waals surface area contributed by atoms with E-state index in [-0.39, 0.29) is 5.91 Å². The Balaban J connectivity index is 1.83. The van der Waals surface area contributed by atoms with Crippen molar-refractivity contribution in [3.63, 3.8) is 0 Å². The first-order chi connectivity index (χ1) is 12.6. The number of carbonyl (C=O) groups is 1. The minimum atomic E-state index is -0.153. The summed E-state index contributed by atoms with van der Waals surface area (Å²) in [7, 11) is 0. The van der Waals surface area contributed by atoms with Gasteiger partial charge in [0.05, 0.1) is 15.2 Å². The Bertz CT molecular complexity index is 1010. The summed E-state index contributed by atoms with van der Waals surface area (Å²) in [5, 5.41) is 1.10. The third kappa shape index (κ3) is 4.60. The third-order valence-corrected chi connectivity index (χ3v) is 6.10. The first-order valence-corrected chi connectivity index (χ1v) is 10.5. The Morgan fingerprint density at radius 3 is 2.77 bits per heavy atom. The fraction of sp³-hybridized carbons (Fsp3) is 0.158. The van der Waals surface area contributed by atoms with Gasteiger partial charge in [-0.3, -0.25) is 4.79 Å². The number of aromatic nitrogens is 1. The number of allylic oxidation sites excluding steroid dienone is 1. The maximum atomic E-state index is 12.3. The van der Waals surface area contributed by atoms with E-state index in [4.69, 9.17) is 23.2 Å². The molecular formula is C19H16Cl2N2OS2. The zero-order valence-corrected chi connectivity index (χ0v) is 17.0. The number of fused-ring (bicyclic) bond motifs is 1. The molecule has 0 N–H and O–H groups in total. The van der Waals surface area contributed by atoms with Crippen molar-refractivity contribution in [2.75, 3.05) is 5.75 Å².